The van der Waals surface area contributed by atoms with Crippen molar-refractivity contribution in [3.63, 3.8) is 0 Å². The van der Waals surface area contributed by atoms with Crippen LogP contribution in [0.5, 0.6) is 0 Å². The molecule has 0 bridgehead atoms. The topological polar surface area (TPSA) is 57.5 Å². The Morgan fingerprint density at radius 2 is 1.83 bits per heavy atom. The highest BCUT2D eigenvalue weighted by Gasteiger charge is 2.51. The van der Waals surface area contributed by atoms with E-state index in [-0.39, 0.29) is 9.72 Å². The van der Waals surface area contributed by atoms with Crippen molar-refractivity contribution >= 4 is 35.3 Å². The number of hydrogen-bond acceptors (Lipinski definition) is 2. The Balaban J connectivity index is 2.12. The number of halogens is 3. The van der Waals surface area contributed by atoms with Gasteiger partial charge in [-0.3, -0.25) is 4.57 Å². The second-order valence-corrected chi connectivity index (χ2v) is 9.10. The highest BCUT2D eigenvalue weighted by atomic mass is 79.9. The highest BCUT2D eigenvalue weighted by molar-refractivity contribution is 9.10. The first kappa shape index (κ1) is 19.6. The van der Waals surface area contributed by atoms with Gasteiger partial charge < -0.3 is 9.79 Å². The molecule has 1 atom stereocenters. The molecule has 0 aliphatic carbocycles. The molecule has 3 nitrogen and oxygen atoms in total. The van der Waals surface area contributed by atoms with E-state index >= 15 is 0 Å². The summed E-state index contributed by atoms with van der Waals surface area (Å²) in [6.07, 6.45) is 0. The van der Waals surface area contributed by atoms with Crippen LogP contribution in [0.1, 0.15) is 28.9 Å². The Morgan fingerprint density at radius 3 is 2.38 bits per heavy atom. The SMILES string of the molecule is CC(SCc1ccc(C(F)(F)P(=O)(O)O)c(Br)c1)c1ccccc1. The zero-order valence-corrected chi connectivity index (χ0v) is 16.0. The van der Waals surface area contributed by atoms with Gasteiger partial charge in [-0.2, -0.15) is 8.78 Å². The lowest BCUT2D eigenvalue weighted by atomic mass is 10.1. The van der Waals surface area contributed by atoms with Crippen molar-refractivity contribution in [2.75, 3.05) is 0 Å². The third-order valence-electron chi connectivity index (χ3n) is 3.49. The maximum absolute atomic E-state index is 13.8. The summed E-state index contributed by atoms with van der Waals surface area (Å²) in [4.78, 5) is 17.7. The van der Waals surface area contributed by atoms with Crippen molar-refractivity contribution in [1.29, 1.82) is 0 Å². The molecule has 0 aromatic heterocycles. The van der Waals surface area contributed by atoms with Gasteiger partial charge in [0.15, 0.2) is 0 Å². The average molecular weight is 437 g/mol. The molecular weight excluding hydrogens is 421 g/mol. The molecule has 0 fully saturated rings. The lowest BCUT2D eigenvalue weighted by molar-refractivity contribution is 0.0557. The maximum Gasteiger partial charge on any atom is 0.399 e. The van der Waals surface area contributed by atoms with Gasteiger partial charge in [-0.15, -0.1) is 11.8 Å². The summed E-state index contributed by atoms with van der Waals surface area (Å²) < 4.78 is 38.6. The monoisotopic (exact) mass is 436 g/mol. The number of benzene rings is 2. The summed E-state index contributed by atoms with van der Waals surface area (Å²) in [6, 6.07) is 13.9. The lowest BCUT2D eigenvalue weighted by Crippen LogP contribution is -2.14. The molecule has 2 rings (SSSR count). The molecule has 0 spiro atoms. The van der Waals surface area contributed by atoms with Gasteiger partial charge in [0, 0.05) is 21.0 Å². The van der Waals surface area contributed by atoms with Crippen LogP contribution in [0.15, 0.2) is 53.0 Å². The fourth-order valence-corrected chi connectivity index (χ4v) is 4.40. The molecule has 130 valence electrons. The third kappa shape index (κ3) is 4.46. The van der Waals surface area contributed by atoms with Gasteiger partial charge in [0.05, 0.1) is 0 Å². The molecule has 0 saturated heterocycles. The summed E-state index contributed by atoms with van der Waals surface area (Å²) in [5, 5.41) is 0.237. The van der Waals surface area contributed by atoms with Gasteiger partial charge in [-0.05, 0) is 24.1 Å². The Kier molecular flexibility index (Phi) is 6.26. The van der Waals surface area contributed by atoms with Crippen molar-refractivity contribution in [1.82, 2.24) is 0 Å². The summed E-state index contributed by atoms with van der Waals surface area (Å²) >= 11 is 4.64. The first-order valence-corrected chi connectivity index (χ1v) is 10.5. The molecule has 2 aromatic rings. The fourth-order valence-electron chi connectivity index (χ4n) is 2.09. The van der Waals surface area contributed by atoms with Crippen molar-refractivity contribution in [3.8, 4) is 0 Å². The Labute approximate surface area is 151 Å². The van der Waals surface area contributed by atoms with Crippen LogP contribution in [0.3, 0.4) is 0 Å². The van der Waals surface area contributed by atoms with Gasteiger partial charge >= 0.3 is 13.3 Å². The van der Waals surface area contributed by atoms with Gasteiger partial charge in [0.1, 0.15) is 0 Å². The van der Waals surface area contributed by atoms with Crippen molar-refractivity contribution < 1.29 is 23.1 Å². The first-order valence-electron chi connectivity index (χ1n) is 7.02. The molecule has 1 unspecified atom stereocenters. The number of thioether (sulfide) groups is 1. The predicted molar refractivity (Wildman–Crippen MR) is 96.2 cm³/mol. The van der Waals surface area contributed by atoms with E-state index < -0.39 is 18.8 Å². The van der Waals surface area contributed by atoms with Crippen LogP contribution < -0.4 is 0 Å². The zero-order chi connectivity index (χ0) is 18.0. The molecule has 2 N–H and O–H groups in total. The molecule has 24 heavy (non-hydrogen) atoms. The molecule has 0 heterocycles. The van der Waals surface area contributed by atoms with Gasteiger partial charge in [-0.25, -0.2) is 0 Å². The second kappa shape index (κ2) is 7.67. The molecule has 0 amide bonds. The van der Waals surface area contributed by atoms with Gasteiger partial charge in [0.25, 0.3) is 0 Å². The van der Waals surface area contributed by atoms with E-state index in [0.29, 0.717) is 5.75 Å². The van der Waals surface area contributed by atoms with E-state index in [2.05, 4.69) is 22.9 Å². The van der Waals surface area contributed by atoms with Crippen LogP contribution in [0.25, 0.3) is 0 Å². The standard InChI is InChI=1S/C16H16BrF2O3PS/c1-11(13-5-3-2-4-6-13)24-10-12-7-8-14(15(17)9-12)16(18,19)23(20,21)22/h2-9,11H,10H2,1H3,(H2,20,21,22). The van der Waals surface area contributed by atoms with E-state index in [0.717, 1.165) is 11.6 Å². The lowest BCUT2D eigenvalue weighted by Gasteiger charge is -2.20. The molecule has 8 heteroatoms. The van der Waals surface area contributed by atoms with E-state index in [1.807, 2.05) is 30.3 Å². The molecule has 2 aromatic carbocycles. The Bertz CT molecular complexity index is 752. The molecule has 0 aliphatic rings. The minimum atomic E-state index is -5.57. The van der Waals surface area contributed by atoms with Gasteiger partial charge in [0.2, 0.25) is 0 Å². The van der Waals surface area contributed by atoms with Crippen molar-refractivity contribution in [2.24, 2.45) is 0 Å². The minimum absolute atomic E-state index is 0.0127. The predicted octanol–water partition coefficient (Wildman–Crippen LogP) is 5.67. The number of hydrogen-bond donors (Lipinski definition) is 2. The average Bonchev–Trinajstić information content (AvgIpc) is 2.52. The van der Waals surface area contributed by atoms with Crippen molar-refractivity contribution in [3.05, 3.63) is 69.7 Å². The van der Waals surface area contributed by atoms with Crippen LogP contribution in [-0.2, 0) is 16.0 Å². The van der Waals surface area contributed by atoms with E-state index in [9.17, 15) is 13.3 Å². The number of rotatable bonds is 6. The van der Waals surface area contributed by atoms with Crippen LogP contribution >= 0.6 is 35.3 Å². The maximum atomic E-state index is 13.8. The summed E-state index contributed by atoms with van der Waals surface area (Å²) in [7, 11) is -5.57. The molecular formula is C16H16BrF2O3PS. The second-order valence-electron chi connectivity index (χ2n) is 5.26. The molecule has 0 aliphatic heterocycles. The van der Waals surface area contributed by atoms with Crippen LogP contribution in [0.4, 0.5) is 8.78 Å². The van der Waals surface area contributed by atoms with Crippen LogP contribution in [-0.4, -0.2) is 9.79 Å². The van der Waals surface area contributed by atoms with Crippen LogP contribution in [0, 0.1) is 0 Å². The third-order valence-corrected chi connectivity index (χ3v) is 6.39. The smallest absolute Gasteiger partial charge is 0.320 e. The highest BCUT2D eigenvalue weighted by Crippen LogP contribution is 2.60. The van der Waals surface area contributed by atoms with Gasteiger partial charge in [-0.1, -0.05) is 58.4 Å². The van der Waals surface area contributed by atoms with E-state index in [4.69, 9.17) is 9.79 Å². The minimum Gasteiger partial charge on any atom is -0.320 e. The summed E-state index contributed by atoms with van der Waals surface area (Å²) in [5.41, 5.74) is -2.96. The quantitative estimate of drug-likeness (QED) is 0.572. The fraction of sp³-hybridized carbons (Fsp3) is 0.250. The largest absolute Gasteiger partial charge is 0.399 e. The number of alkyl halides is 2. The summed E-state index contributed by atoms with van der Waals surface area (Å²) in [5.74, 6) is 0.594. The Morgan fingerprint density at radius 1 is 1.21 bits per heavy atom. The first-order chi connectivity index (χ1) is 11.1. The Hall–Kier alpha value is -0.720. The van der Waals surface area contributed by atoms with E-state index in [1.165, 1.54) is 17.7 Å². The van der Waals surface area contributed by atoms with Crippen molar-refractivity contribution in [2.45, 2.75) is 23.6 Å². The molecule has 0 radical (unpaired) electrons. The zero-order valence-electron chi connectivity index (χ0n) is 12.7. The molecule has 0 saturated carbocycles. The van der Waals surface area contributed by atoms with Crippen LogP contribution in [0.2, 0.25) is 0 Å². The van der Waals surface area contributed by atoms with E-state index in [1.54, 1.807) is 11.8 Å². The summed E-state index contributed by atoms with van der Waals surface area (Å²) in [6.45, 7) is 2.06. The normalized spacial score (nSPS) is 13.8.